The van der Waals surface area contributed by atoms with Crippen molar-refractivity contribution in [1.82, 2.24) is 0 Å². The summed E-state index contributed by atoms with van der Waals surface area (Å²) in [6.07, 6.45) is 1.06. The van der Waals surface area contributed by atoms with E-state index in [1.807, 2.05) is 53.4 Å². The minimum absolute atomic E-state index is 0.0242. The molecular weight excluding hydrogens is 498 g/mol. The molecule has 0 unspecified atom stereocenters. The molecule has 3 aromatic carbocycles. The molecular formula is C30H29N3O6. The average molecular weight is 528 g/mol. The number of allylic oxidation sites excluding steroid dienone is 1. The van der Waals surface area contributed by atoms with Crippen molar-refractivity contribution in [1.29, 1.82) is 0 Å². The van der Waals surface area contributed by atoms with Crippen LogP contribution in [-0.4, -0.2) is 30.3 Å². The molecule has 0 bridgehead atoms. The van der Waals surface area contributed by atoms with Gasteiger partial charge in [-0.15, -0.1) is 0 Å². The van der Waals surface area contributed by atoms with E-state index in [1.165, 1.54) is 24.3 Å². The predicted molar refractivity (Wildman–Crippen MR) is 147 cm³/mol. The number of hydrogen-bond donors (Lipinski definition) is 1. The van der Waals surface area contributed by atoms with Crippen LogP contribution in [0.2, 0.25) is 0 Å². The Morgan fingerprint density at radius 2 is 1.69 bits per heavy atom. The van der Waals surface area contributed by atoms with Crippen LogP contribution in [0.15, 0.2) is 84.1 Å². The monoisotopic (exact) mass is 527 g/mol. The van der Waals surface area contributed by atoms with E-state index >= 15 is 0 Å². The van der Waals surface area contributed by atoms with Crippen LogP contribution < -0.4 is 19.7 Å². The predicted octanol–water partition coefficient (Wildman–Crippen LogP) is 5.83. The van der Waals surface area contributed by atoms with Crippen molar-refractivity contribution in [3.63, 3.8) is 0 Å². The number of esters is 1. The Morgan fingerprint density at radius 3 is 2.36 bits per heavy atom. The number of nitro benzene ring substituents is 1. The molecule has 0 amide bonds. The zero-order chi connectivity index (χ0) is 27.7. The van der Waals surface area contributed by atoms with Gasteiger partial charge in [0.2, 0.25) is 0 Å². The number of ketones is 1. The highest BCUT2D eigenvalue weighted by atomic mass is 16.6. The minimum atomic E-state index is -0.565. The van der Waals surface area contributed by atoms with E-state index < -0.39 is 16.9 Å². The van der Waals surface area contributed by atoms with Gasteiger partial charge in [0.15, 0.2) is 5.78 Å². The molecule has 1 heterocycles. The third-order valence-electron chi connectivity index (χ3n) is 7.01. The lowest BCUT2D eigenvalue weighted by Crippen LogP contribution is -2.39. The molecule has 0 spiro atoms. The second-order valence-corrected chi connectivity index (χ2v) is 10.5. The number of nitrogens with zero attached hydrogens (tertiary/aromatic N) is 2. The first-order valence-electron chi connectivity index (χ1n) is 12.6. The van der Waals surface area contributed by atoms with Crippen LogP contribution in [0, 0.1) is 15.5 Å². The summed E-state index contributed by atoms with van der Waals surface area (Å²) in [5.74, 6) is 0.337. The van der Waals surface area contributed by atoms with Crippen molar-refractivity contribution in [2.24, 2.45) is 5.41 Å². The molecule has 1 N–H and O–H groups in total. The normalized spacial score (nSPS) is 17.9. The summed E-state index contributed by atoms with van der Waals surface area (Å²) in [5.41, 5.74) is 3.52. The number of nitrogens with one attached hydrogen (secondary N) is 1. The molecule has 2 aliphatic rings. The number of carbonyl (C=O) groups excluding carboxylic acids is 2. The molecule has 1 aliphatic heterocycles. The molecule has 0 aromatic heterocycles. The number of anilines is 2. The smallest absolute Gasteiger partial charge is 0.330 e. The lowest BCUT2D eigenvalue weighted by atomic mass is 9.73. The molecule has 9 heteroatoms. The first-order valence-corrected chi connectivity index (χ1v) is 12.6. The van der Waals surface area contributed by atoms with Crippen LogP contribution in [0.5, 0.6) is 11.5 Å². The summed E-state index contributed by atoms with van der Waals surface area (Å²) < 4.78 is 10.9. The number of rotatable bonds is 6. The highest BCUT2D eigenvalue weighted by molar-refractivity contribution is 6.01. The Labute approximate surface area is 226 Å². The Balaban J connectivity index is 1.58. The number of ether oxygens (including phenoxy) is 2. The van der Waals surface area contributed by atoms with Gasteiger partial charge in [0, 0.05) is 29.8 Å². The number of fused-ring (bicyclic) bond motifs is 1. The van der Waals surface area contributed by atoms with Crippen LogP contribution in [0.25, 0.3) is 0 Å². The van der Waals surface area contributed by atoms with Gasteiger partial charge in [-0.3, -0.25) is 14.9 Å². The molecule has 1 aliphatic carbocycles. The summed E-state index contributed by atoms with van der Waals surface area (Å²) in [7, 11) is 1.59. The zero-order valence-electron chi connectivity index (χ0n) is 22.0. The van der Waals surface area contributed by atoms with Crippen molar-refractivity contribution in [3.05, 3.63) is 99.7 Å². The summed E-state index contributed by atoms with van der Waals surface area (Å²) in [6.45, 7) is 3.99. The first kappa shape index (κ1) is 26.0. The number of methoxy groups -OCH3 is 1. The molecule has 0 radical (unpaired) electrons. The van der Waals surface area contributed by atoms with Gasteiger partial charge in [-0.1, -0.05) is 38.1 Å². The van der Waals surface area contributed by atoms with E-state index in [4.69, 9.17) is 9.47 Å². The average Bonchev–Trinajstić information content (AvgIpc) is 3.03. The summed E-state index contributed by atoms with van der Waals surface area (Å²) in [4.78, 5) is 39.4. The van der Waals surface area contributed by atoms with Crippen molar-refractivity contribution >= 4 is 28.8 Å². The van der Waals surface area contributed by atoms with E-state index in [9.17, 15) is 19.7 Å². The van der Waals surface area contributed by atoms with Crippen molar-refractivity contribution in [3.8, 4) is 11.5 Å². The first-order chi connectivity index (χ1) is 18.6. The molecule has 5 rings (SSSR count). The molecule has 39 heavy (non-hydrogen) atoms. The summed E-state index contributed by atoms with van der Waals surface area (Å²) >= 11 is 0. The van der Waals surface area contributed by atoms with Crippen molar-refractivity contribution in [2.75, 3.05) is 23.9 Å². The van der Waals surface area contributed by atoms with Crippen LogP contribution >= 0.6 is 0 Å². The third-order valence-corrected chi connectivity index (χ3v) is 7.01. The molecule has 1 atom stereocenters. The molecule has 0 fully saturated rings. The Kier molecular flexibility index (Phi) is 6.82. The van der Waals surface area contributed by atoms with Gasteiger partial charge < -0.3 is 19.7 Å². The molecule has 0 saturated carbocycles. The number of para-hydroxylation sites is 2. The van der Waals surface area contributed by atoms with E-state index in [2.05, 4.69) is 19.2 Å². The SMILES string of the molecule is COc1ccc([C@H]2C3=C(CC(C)(C)CC3=O)Nc3ccccc3N2CC(=O)Oc2ccc([N+](=O)[O-])cc2)cc1. The van der Waals surface area contributed by atoms with E-state index in [0.717, 1.165) is 22.6 Å². The molecule has 0 saturated heterocycles. The fraction of sp³-hybridized carbons (Fsp3) is 0.267. The lowest BCUT2D eigenvalue weighted by molar-refractivity contribution is -0.384. The Hall–Kier alpha value is -4.66. The van der Waals surface area contributed by atoms with Crippen LogP contribution in [0.1, 0.15) is 38.3 Å². The maximum absolute atomic E-state index is 13.7. The maximum atomic E-state index is 13.7. The second-order valence-electron chi connectivity index (χ2n) is 10.5. The number of benzene rings is 3. The molecule has 9 nitrogen and oxygen atoms in total. The molecule has 200 valence electrons. The van der Waals surface area contributed by atoms with Crippen molar-refractivity contribution in [2.45, 2.75) is 32.7 Å². The summed E-state index contributed by atoms with van der Waals surface area (Å²) in [5, 5.41) is 14.5. The van der Waals surface area contributed by atoms with Gasteiger partial charge in [-0.25, -0.2) is 4.79 Å². The summed E-state index contributed by atoms with van der Waals surface area (Å²) in [6, 6.07) is 19.9. The number of nitro groups is 1. The van der Waals surface area contributed by atoms with Gasteiger partial charge in [-0.05, 0) is 53.8 Å². The van der Waals surface area contributed by atoms with Gasteiger partial charge in [-0.2, -0.15) is 0 Å². The number of hydrogen-bond acceptors (Lipinski definition) is 8. The number of carbonyl (C=O) groups is 2. The van der Waals surface area contributed by atoms with Crippen LogP contribution in [0.3, 0.4) is 0 Å². The van der Waals surface area contributed by atoms with Gasteiger partial charge >= 0.3 is 5.97 Å². The fourth-order valence-electron chi connectivity index (χ4n) is 5.30. The largest absolute Gasteiger partial charge is 0.497 e. The van der Waals surface area contributed by atoms with E-state index in [-0.39, 0.29) is 29.2 Å². The quantitative estimate of drug-likeness (QED) is 0.185. The minimum Gasteiger partial charge on any atom is -0.497 e. The number of non-ortho nitro benzene ring substituents is 1. The fourth-order valence-corrected chi connectivity index (χ4v) is 5.30. The van der Waals surface area contributed by atoms with Crippen molar-refractivity contribution < 1.29 is 24.0 Å². The maximum Gasteiger partial charge on any atom is 0.330 e. The lowest BCUT2D eigenvalue weighted by Gasteiger charge is -2.37. The molecule has 3 aromatic rings. The van der Waals surface area contributed by atoms with Crippen LogP contribution in [0.4, 0.5) is 17.1 Å². The van der Waals surface area contributed by atoms with Crippen LogP contribution in [-0.2, 0) is 9.59 Å². The highest BCUT2D eigenvalue weighted by Gasteiger charge is 2.42. The third kappa shape index (κ3) is 5.34. The number of Topliss-reactive ketones (excluding diaryl/α,β-unsaturated/α-hetero) is 1. The van der Waals surface area contributed by atoms with Gasteiger partial charge in [0.1, 0.15) is 18.0 Å². The van der Waals surface area contributed by atoms with Gasteiger partial charge in [0.25, 0.3) is 5.69 Å². The second kappa shape index (κ2) is 10.2. The zero-order valence-corrected chi connectivity index (χ0v) is 22.0. The van der Waals surface area contributed by atoms with Gasteiger partial charge in [0.05, 0.1) is 29.4 Å². The Morgan fingerprint density at radius 1 is 1.03 bits per heavy atom. The topological polar surface area (TPSA) is 111 Å². The van der Waals surface area contributed by atoms with E-state index in [1.54, 1.807) is 7.11 Å². The Bertz CT molecular complexity index is 1460. The highest BCUT2D eigenvalue weighted by Crippen LogP contribution is 2.48. The standard InChI is InChI=1S/C30H29N3O6/c1-30(2)16-24-28(26(34)17-30)29(19-8-12-21(38-3)13-9-19)32(25-7-5-4-6-23(25)31-24)18-27(35)39-22-14-10-20(11-15-22)33(36)37/h4-15,29,31H,16-18H2,1-3H3/t29-/m0/s1. The van der Waals surface area contributed by atoms with E-state index in [0.29, 0.717) is 24.2 Å².